The molecule has 2 heterocycles. The summed E-state index contributed by atoms with van der Waals surface area (Å²) in [4.78, 5) is 20.1. The third-order valence-corrected chi connectivity index (χ3v) is 3.53. The maximum absolute atomic E-state index is 12.1. The standard InChI is InChI=1S/C13H16N4O2/c14-10-1-3-11(4-2-10)19-13(18)17-6-5-9-7-15-8-16-12(9)17/h5-8,10-11H,1-4,14H2. The number of fused-ring (bicyclic) bond motifs is 1. The molecule has 2 aromatic heterocycles. The van der Waals surface area contributed by atoms with Gasteiger partial charge in [-0.15, -0.1) is 0 Å². The van der Waals surface area contributed by atoms with Gasteiger partial charge in [0.25, 0.3) is 0 Å². The Labute approximate surface area is 110 Å². The van der Waals surface area contributed by atoms with E-state index in [1.165, 1.54) is 10.9 Å². The topological polar surface area (TPSA) is 83.0 Å². The van der Waals surface area contributed by atoms with E-state index in [-0.39, 0.29) is 18.2 Å². The third kappa shape index (κ3) is 2.44. The lowest BCUT2D eigenvalue weighted by Crippen LogP contribution is -2.32. The van der Waals surface area contributed by atoms with Crippen molar-refractivity contribution in [1.29, 1.82) is 0 Å². The van der Waals surface area contributed by atoms with E-state index >= 15 is 0 Å². The molecule has 2 N–H and O–H groups in total. The van der Waals surface area contributed by atoms with Crippen molar-refractivity contribution in [2.24, 2.45) is 5.73 Å². The summed E-state index contributed by atoms with van der Waals surface area (Å²) >= 11 is 0. The van der Waals surface area contributed by atoms with Crippen LogP contribution in [-0.4, -0.2) is 32.8 Å². The summed E-state index contributed by atoms with van der Waals surface area (Å²) in [5.41, 5.74) is 6.41. The van der Waals surface area contributed by atoms with E-state index in [1.54, 1.807) is 18.5 Å². The Morgan fingerprint density at radius 1 is 1.37 bits per heavy atom. The number of carbonyl (C=O) groups is 1. The number of carbonyl (C=O) groups excluding carboxylic acids is 1. The van der Waals surface area contributed by atoms with E-state index in [2.05, 4.69) is 9.97 Å². The van der Waals surface area contributed by atoms with Crippen LogP contribution in [0.25, 0.3) is 11.0 Å². The first-order chi connectivity index (χ1) is 9.24. The van der Waals surface area contributed by atoms with Gasteiger partial charge in [0.1, 0.15) is 12.4 Å². The summed E-state index contributed by atoms with van der Waals surface area (Å²) in [6.45, 7) is 0. The molecule has 1 aliphatic carbocycles. The van der Waals surface area contributed by atoms with Gasteiger partial charge in [0.05, 0.1) is 0 Å². The molecule has 1 aliphatic rings. The monoisotopic (exact) mass is 260 g/mol. The summed E-state index contributed by atoms with van der Waals surface area (Å²) in [7, 11) is 0. The summed E-state index contributed by atoms with van der Waals surface area (Å²) in [6, 6.07) is 2.04. The Balaban J connectivity index is 1.73. The van der Waals surface area contributed by atoms with Gasteiger partial charge < -0.3 is 10.5 Å². The van der Waals surface area contributed by atoms with Crippen LogP contribution >= 0.6 is 0 Å². The SMILES string of the molecule is NC1CCC(OC(=O)n2ccc3cncnc32)CC1. The molecule has 6 nitrogen and oxygen atoms in total. The average molecular weight is 260 g/mol. The average Bonchev–Trinajstić information content (AvgIpc) is 2.85. The minimum absolute atomic E-state index is 0.0356. The predicted molar refractivity (Wildman–Crippen MR) is 69.6 cm³/mol. The van der Waals surface area contributed by atoms with Crippen LogP contribution in [0.4, 0.5) is 4.79 Å². The summed E-state index contributed by atoms with van der Waals surface area (Å²) < 4.78 is 6.92. The summed E-state index contributed by atoms with van der Waals surface area (Å²) in [5, 5.41) is 0.824. The smallest absolute Gasteiger partial charge is 0.419 e. The van der Waals surface area contributed by atoms with Gasteiger partial charge in [-0.2, -0.15) is 0 Å². The third-order valence-electron chi connectivity index (χ3n) is 3.53. The lowest BCUT2D eigenvalue weighted by Gasteiger charge is -2.25. The van der Waals surface area contributed by atoms with Crippen LogP contribution < -0.4 is 5.73 Å². The van der Waals surface area contributed by atoms with Crippen LogP contribution in [-0.2, 0) is 4.74 Å². The van der Waals surface area contributed by atoms with Crippen molar-refractivity contribution < 1.29 is 9.53 Å². The van der Waals surface area contributed by atoms with Crippen LogP contribution in [0.15, 0.2) is 24.8 Å². The van der Waals surface area contributed by atoms with Crippen LogP contribution in [0.1, 0.15) is 25.7 Å². The molecule has 0 bridgehead atoms. The highest BCUT2D eigenvalue weighted by Gasteiger charge is 2.23. The predicted octanol–water partition coefficient (Wildman–Crippen LogP) is 1.69. The van der Waals surface area contributed by atoms with Gasteiger partial charge in [-0.3, -0.25) is 0 Å². The molecule has 0 atom stereocenters. The first kappa shape index (κ1) is 12.1. The van der Waals surface area contributed by atoms with Gasteiger partial charge in [0.2, 0.25) is 0 Å². The molecule has 19 heavy (non-hydrogen) atoms. The van der Waals surface area contributed by atoms with Crippen molar-refractivity contribution in [3.63, 3.8) is 0 Å². The zero-order chi connectivity index (χ0) is 13.2. The Kier molecular flexibility index (Phi) is 3.16. The lowest BCUT2D eigenvalue weighted by atomic mass is 9.94. The van der Waals surface area contributed by atoms with Gasteiger partial charge in [-0.05, 0) is 31.7 Å². The molecule has 0 spiro atoms. The second-order valence-electron chi connectivity index (χ2n) is 4.91. The minimum Gasteiger partial charge on any atom is -0.446 e. The van der Waals surface area contributed by atoms with Crippen molar-refractivity contribution in [3.8, 4) is 0 Å². The number of aromatic nitrogens is 3. The molecule has 0 unspecified atom stereocenters. The van der Waals surface area contributed by atoms with Crippen LogP contribution in [0.2, 0.25) is 0 Å². The molecule has 1 saturated carbocycles. The lowest BCUT2D eigenvalue weighted by molar-refractivity contribution is 0.0736. The number of ether oxygens (including phenoxy) is 1. The van der Waals surface area contributed by atoms with E-state index in [1.807, 2.05) is 0 Å². The molecule has 2 aromatic rings. The highest BCUT2D eigenvalue weighted by Crippen LogP contribution is 2.21. The second kappa shape index (κ2) is 4.97. The van der Waals surface area contributed by atoms with Crippen molar-refractivity contribution in [1.82, 2.24) is 14.5 Å². The number of hydrogen-bond donors (Lipinski definition) is 1. The van der Waals surface area contributed by atoms with Gasteiger partial charge in [-0.25, -0.2) is 19.3 Å². The van der Waals surface area contributed by atoms with Gasteiger partial charge in [-0.1, -0.05) is 0 Å². The molecular weight excluding hydrogens is 244 g/mol. The Hall–Kier alpha value is -1.95. The molecule has 3 rings (SSSR count). The number of nitrogens with zero attached hydrogens (tertiary/aromatic N) is 3. The summed E-state index contributed by atoms with van der Waals surface area (Å²) in [5.74, 6) is 0. The highest BCUT2D eigenvalue weighted by atomic mass is 16.6. The zero-order valence-corrected chi connectivity index (χ0v) is 10.5. The molecule has 6 heteroatoms. The second-order valence-corrected chi connectivity index (χ2v) is 4.91. The Morgan fingerprint density at radius 3 is 2.95 bits per heavy atom. The molecule has 1 fully saturated rings. The van der Waals surface area contributed by atoms with Crippen LogP contribution in [0, 0.1) is 0 Å². The largest absolute Gasteiger partial charge is 0.446 e. The quantitative estimate of drug-likeness (QED) is 0.843. The van der Waals surface area contributed by atoms with E-state index < -0.39 is 0 Å². The van der Waals surface area contributed by atoms with Crippen LogP contribution in [0.5, 0.6) is 0 Å². The molecule has 0 aliphatic heterocycles. The number of hydrogen-bond acceptors (Lipinski definition) is 5. The normalized spacial score (nSPS) is 23.4. The van der Waals surface area contributed by atoms with Gasteiger partial charge in [0.15, 0.2) is 5.65 Å². The maximum Gasteiger partial charge on any atom is 0.419 e. The molecule has 0 saturated heterocycles. The Morgan fingerprint density at radius 2 is 2.16 bits per heavy atom. The van der Waals surface area contributed by atoms with Gasteiger partial charge in [0, 0.05) is 23.8 Å². The van der Waals surface area contributed by atoms with Crippen molar-refractivity contribution in [2.45, 2.75) is 37.8 Å². The molecular formula is C13H16N4O2. The summed E-state index contributed by atoms with van der Waals surface area (Å²) in [6.07, 6.45) is 7.83. The van der Waals surface area contributed by atoms with Crippen molar-refractivity contribution in [2.75, 3.05) is 0 Å². The van der Waals surface area contributed by atoms with E-state index in [0.717, 1.165) is 31.1 Å². The Bertz CT molecular complexity index is 587. The molecule has 100 valence electrons. The molecule has 0 amide bonds. The maximum atomic E-state index is 12.1. The van der Waals surface area contributed by atoms with Crippen molar-refractivity contribution in [3.05, 3.63) is 24.8 Å². The fourth-order valence-corrected chi connectivity index (χ4v) is 2.43. The first-order valence-electron chi connectivity index (χ1n) is 6.47. The van der Waals surface area contributed by atoms with E-state index in [4.69, 9.17) is 10.5 Å². The molecule has 0 aromatic carbocycles. The first-order valence-corrected chi connectivity index (χ1v) is 6.47. The minimum atomic E-state index is -0.380. The van der Waals surface area contributed by atoms with E-state index in [0.29, 0.717) is 5.65 Å². The molecule has 0 radical (unpaired) electrons. The highest BCUT2D eigenvalue weighted by molar-refractivity contribution is 5.86. The zero-order valence-electron chi connectivity index (χ0n) is 10.5. The van der Waals surface area contributed by atoms with Gasteiger partial charge >= 0.3 is 6.09 Å². The van der Waals surface area contributed by atoms with Crippen LogP contribution in [0.3, 0.4) is 0 Å². The van der Waals surface area contributed by atoms with E-state index in [9.17, 15) is 4.79 Å². The fourth-order valence-electron chi connectivity index (χ4n) is 2.43. The van der Waals surface area contributed by atoms with Crippen molar-refractivity contribution >= 4 is 17.1 Å². The fraction of sp³-hybridized carbons (Fsp3) is 0.462. The number of rotatable bonds is 1. The number of nitrogens with two attached hydrogens (primary N) is 1.